The molecule has 0 aliphatic heterocycles. The van der Waals surface area contributed by atoms with E-state index in [0.29, 0.717) is 6.07 Å². The predicted molar refractivity (Wildman–Crippen MR) is 71.5 cm³/mol. The smallest absolute Gasteiger partial charge is 0.338 e. The van der Waals surface area contributed by atoms with E-state index in [1.165, 1.54) is 0 Å². The van der Waals surface area contributed by atoms with Crippen LogP contribution in [0.1, 0.15) is 10.4 Å². The minimum Gasteiger partial charge on any atom is -0.478 e. The number of nitrogens with zero attached hydrogens (tertiary/aromatic N) is 2. The van der Waals surface area contributed by atoms with Crippen molar-refractivity contribution in [3.63, 3.8) is 0 Å². The van der Waals surface area contributed by atoms with Crippen molar-refractivity contribution in [1.29, 1.82) is 0 Å². The fourth-order valence-electron chi connectivity index (χ4n) is 1.41. The number of benzene rings is 1. The number of carboxylic acids is 1. The van der Waals surface area contributed by atoms with Crippen LogP contribution in [0.4, 0.5) is 17.1 Å². The van der Waals surface area contributed by atoms with E-state index < -0.39 is 32.8 Å². The molecule has 0 aliphatic rings. The van der Waals surface area contributed by atoms with E-state index in [0.717, 1.165) is 6.07 Å². The van der Waals surface area contributed by atoms with Crippen molar-refractivity contribution in [2.24, 2.45) is 5.73 Å². The summed E-state index contributed by atoms with van der Waals surface area (Å²) in [7, 11) is 0. The Morgan fingerprint density at radius 1 is 1.30 bits per heavy atom. The Kier molecular flexibility index (Phi) is 6.32. The average molecular weight is 307 g/mol. The molecule has 0 spiro atoms. The summed E-state index contributed by atoms with van der Waals surface area (Å²) in [5, 5.41) is 32.9. The summed E-state index contributed by atoms with van der Waals surface area (Å²) in [5.41, 5.74) is 3.03. The van der Waals surface area contributed by atoms with Gasteiger partial charge in [0.2, 0.25) is 0 Å². The van der Waals surface area contributed by atoms with E-state index in [1.54, 1.807) is 0 Å². The van der Waals surface area contributed by atoms with Gasteiger partial charge < -0.3 is 16.2 Å². The zero-order chi connectivity index (χ0) is 14.6. The highest BCUT2D eigenvalue weighted by atomic mass is 35.5. The number of aromatic carboxylic acids is 1. The standard InChI is InChI=1S/C9H10N4O6.ClH/c10-1-2-11-8-6(9(14)15)3-5(12(16)17)4-7(8)13(18)19;/h3-4,11H,1-2,10H2,(H,14,15);1H. The molecule has 0 fully saturated rings. The third-order valence-corrected chi connectivity index (χ3v) is 2.19. The average Bonchev–Trinajstić information content (AvgIpc) is 2.34. The van der Waals surface area contributed by atoms with Gasteiger partial charge in [0.25, 0.3) is 11.4 Å². The zero-order valence-electron chi connectivity index (χ0n) is 9.94. The van der Waals surface area contributed by atoms with Gasteiger partial charge in [0.1, 0.15) is 5.69 Å². The summed E-state index contributed by atoms with van der Waals surface area (Å²) in [6, 6.07) is 1.46. The molecule has 1 aromatic carbocycles. The van der Waals surface area contributed by atoms with Crippen LogP contribution < -0.4 is 11.1 Å². The number of nitrogens with two attached hydrogens (primary N) is 1. The fraction of sp³-hybridized carbons (Fsp3) is 0.222. The van der Waals surface area contributed by atoms with Gasteiger partial charge in [-0.2, -0.15) is 0 Å². The maximum Gasteiger partial charge on any atom is 0.338 e. The number of nitrogens with one attached hydrogen (secondary N) is 1. The topological polar surface area (TPSA) is 162 Å². The lowest BCUT2D eigenvalue weighted by molar-refractivity contribution is -0.393. The summed E-state index contributed by atoms with van der Waals surface area (Å²) < 4.78 is 0. The number of carbonyl (C=O) groups is 1. The molecule has 20 heavy (non-hydrogen) atoms. The van der Waals surface area contributed by atoms with Crippen LogP contribution in [-0.4, -0.2) is 34.0 Å². The summed E-state index contributed by atoms with van der Waals surface area (Å²) in [5.74, 6) is -1.51. The molecule has 0 amide bonds. The van der Waals surface area contributed by atoms with Crippen molar-refractivity contribution < 1.29 is 19.7 Å². The van der Waals surface area contributed by atoms with Crippen LogP contribution >= 0.6 is 12.4 Å². The summed E-state index contributed by atoms with van der Waals surface area (Å²) in [6.07, 6.45) is 0. The van der Waals surface area contributed by atoms with Crippen LogP contribution in [0, 0.1) is 20.2 Å². The normalized spacial score (nSPS) is 9.45. The summed E-state index contributed by atoms with van der Waals surface area (Å²) >= 11 is 0. The van der Waals surface area contributed by atoms with E-state index in [2.05, 4.69) is 5.32 Å². The van der Waals surface area contributed by atoms with Gasteiger partial charge in [0.05, 0.1) is 21.5 Å². The Bertz CT molecular complexity index is 514. The molecule has 11 heteroatoms. The first kappa shape index (κ1) is 17.5. The Labute approximate surface area is 118 Å². The van der Waals surface area contributed by atoms with Crippen LogP contribution in [0.3, 0.4) is 0 Å². The van der Waals surface area contributed by atoms with Crippen LogP contribution in [0.15, 0.2) is 12.1 Å². The SMILES string of the molecule is Cl.NCCNc1c(C(=O)O)cc([N+](=O)[O-])cc1[N+](=O)[O-]. The minimum atomic E-state index is -1.51. The van der Waals surface area contributed by atoms with Crippen LogP contribution in [0.2, 0.25) is 0 Å². The largest absolute Gasteiger partial charge is 0.478 e. The molecule has 1 rings (SSSR count). The first-order valence-corrected chi connectivity index (χ1v) is 5.02. The number of rotatable bonds is 6. The second-order valence-electron chi connectivity index (χ2n) is 3.42. The Morgan fingerprint density at radius 3 is 2.30 bits per heavy atom. The van der Waals surface area contributed by atoms with Crippen LogP contribution in [0.25, 0.3) is 0 Å². The molecule has 0 aromatic heterocycles. The Morgan fingerprint density at radius 2 is 1.90 bits per heavy atom. The molecular formula is C9H11ClN4O6. The van der Waals surface area contributed by atoms with Crippen molar-refractivity contribution in [2.45, 2.75) is 0 Å². The number of nitro benzene ring substituents is 2. The second kappa shape index (κ2) is 7.21. The molecule has 4 N–H and O–H groups in total. The van der Waals surface area contributed by atoms with E-state index >= 15 is 0 Å². The molecule has 0 atom stereocenters. The lowest BCUT2D eigenvalue weighted by Crippen LogP contribution is -2.16. The molecule has 10 nitrogen and oxygen atoms in total. The van der Waals surface area contributed by atoms with Crippen molar-refractivity contribution >= 4 is 35.4 Å². The molecule has 0 aliphatic carbocycles. The van der Waals surface area contributed by atoms with Gasteiger partial charge in [-0.15, -0.1) is 12.4 Å². The number of hydrogen-bond acceptors (Lipinski definition) is 7. The quantitative estimate of drug-likeness (QED) is 0.517. The number of halogens is 1. The van der Waals surface area contributed by atoms with Gasteiger partial charge in [0, 0.05) is 19.2 Å². The van der Waals surface area contributed by atoms with Crippen molar-refractivity contribution in [3.8, 4) is 0 Å². The molecule has 0 unspecified atom stereocenters. The highest BCUT2D eigenvalue weighted by Gasteiger charge is 2.26. The molecule has 0 saturated heterocycles. The van der Waals surface area contributed by atoms with Crippen molar-refractivity contribution in [3.05, 3.63) is 37.9 Å². The Hall–Kier alpha value is -2.46. The fourth-order valence-corrected chi connectivity index (χ4v) is 1.41. The predicted octanol–water partition coefficient (Wildman–Crippen LogP) is 0.994. The van der Waals surface area contributed by atoms with Gasteiger partial charge >= 0.3 is 5.97 Å². The molecule has 0 saturated carbocycles. The molecule has 110 valence electrons. The highest BCUT2D eigenvalue weighted by molar-refractivity contribution is 5.98. The molecule has 0 heterocycles. The third kappa shape index (κ3) is 3.76. The van der Waals surface area contributed by atoms with Gasteiger partial charge in [-0.05, 0) is 0 Å². The summed E-state index contributed by atoms with van der Waals surface area (Å²) in [6.45, 7) is 0.214. The maximum absolute atomic E-state index is 11.0. The van der Waals surface area contributed by atoms with Gasteiger partial charge in [-0.1, -0.05) is 0 Å². The minimum absolute atomic E-state index is 0. The van der Waals surface area contributed by atoms with Crippen LogP contribution in [-0.2, 0) is 0 Å². The monoisotopic (exact) mass is 306 g/mol. The van der Waals surface area contributed by atoms with E-state index in [1.807, 2.05) is 0 Å². The van der Waals surface area contributed by atoms with E-state index in [9.17, 15) is 25.0 Å². The lowest BCUT2D eigenvalue weighted by Gasteiger charge is -2.09. The van der Waals surface area contributed by atoms with Gasteiger partial charge in [0.15, 0.2) is 0 Å². The number of non-ortho nitro benzene ring substituents is 1. The number of nitro groups is 2. The van der Waals surface area contributed by atoms with Gasteiger partial charge in [-0.25, -0.2) is 4.79 Å². The molecule has 1 aromatic rings. The maximum atomic E-state index is 11.0. The molecular weight excluding hydrogens is 296 g/mol. The van der Waals surface area contributed by atoms with Crippen molar-refractivity contribution in [2.75, 3.05) is 18.4 Å². The molecule has 0 radical (unpaired) electrons. The number of carboxylic acid groups (broad SMARTS) is 1. The highest BCUT2D eigenvalue weighted by Crippen LogP contribution is 2.33. The van der Waals surface area contributed by atoms with E-state index in [-0.39, 0.29) is 31.2 Å². The Balaban J connectivity index is 0.00000361. The molecule has 0 bridgehead atoms. The summed E-state index contributed by atoms with van der Waals surface area (Å²) in [4.78, 5) is 30.7. The zero-order valence-corrected chi connectivity index (χ0v) is 10.8. The number of hydrogen-bond donors (Lipinski definition) is 3. The first-order chi connectivity index (χ1) is 8.88. The lowest BCUT2D eigenvalue weighted by atomic mass is 10.1. The third-order valence-electron chi connectivity index (χ3n) is 2.19. The van der Waals surface area contributed by atoms with Gasteiger partial charge in [-0.3, -0.25) is 20.2 Å². The van der Waals surface area contributed by atoms with Crippen molar-refractivity contribution in [1.82, 2.24) is 0 Å². The van der Waals surface area contributed by atoms with Crippen LogP contribution in [0.5, 0.6) is 0 Å². The number of anilines is 1. The van der Waals surface area contributed by atoms with E-state index in [4.69, 9.17) is 10.8 Å². The second-order valence-corrected chi connectivity index (χ2v) is 3.42. The first-order valence-electron chi connectivity index (χ1n) is 5.02.